The van der Waals surface area contributed by atoms with Gasteiger partial charge in [0, 0.05) is 44.0 Å². The highest BCUT2D eigenvalue weighted by atomic mass is 32.2. The molecule has 0 atom stereocenters. The molecule has 0 saturated carbocycles. The zero-order valence-corrected chi connectivity index (χ0v) is 18.8. The summed E-state index contributed by atoms with van der Waals surface area (Å²) in [5.41, 5.74) is 2.09. The normalized spacial score (nSPS) is 16.1. The highest BCUT2D eigenvalue weighted by molar-refractivity contribution is 7.92. The Morgan fingerprint density at radius 3 is 2.32 bits per heavy atom. The summed E-state index contributed by atoms with van der Waals surface area (Å²) in [7, 11) is -1.44. The maximum Gasteiger partial charge on any atom is 0.236 e. The van der Waals surface area contributed by atoms with Crippen LogP contribution < -0.4 is 5.32 Å². The van der Waals surface area contributed by atoms with Gasteiger partial charge in [-0.2, -0.15) is 4.31 Å². The van der Waals surface area contributed by atoms with Crippen LogP contribution in [-0.4, -0.2) is 56.8 Å². The summed E-state index contributed by atoms with van der Waals surface area (Å²) in [6, 6.07) is 19.6. The third-order valence-corrected chi connectivity index (χ3v) is 7.07. The summed E-state index contributed by atoms with van der Waals surface area (Å²) in [4.78, 5) is 14.7. The lowest BCUT2D eigenvalue weighted by Gasteiger charge is -2.29. The highest BCUT2D eigenvalue weighted by Crippen LogP contribution is 2.21. The van der Waals surface area contributed by atoms with E-state index in [0.29, 0.717) is 32.5 Å². The zero-order chi connectivity index (χ0) is 22.1. The zero-order valence-electron chi connectivity index (χ0n) is 18.0. The van der Waals surface area contributed by atoms with Crippen LogP contribution in [0.5, 0.6) is 0 Å². The fraction of sp³-hybridized carbons (Fsp3) is 0.375. The second-order valence-electron chi connectivity index (χ2n) is 7.95. The third kappa shape index (κ3) is 7.31. The maximum atomic E-state index is 12.6. The molecular formula is C24H31N3O3S. The number of benzene rings is 2. The number of hydrogen-bond acceptors (Lipinski definition) is 4. The second-order valence-corrected chi connectivity index (χ2v) is 9.76. The van der Waals surface area contributed by atoms with Crippen LogP contribution in [0.15, 0.2) is 66.1 Å². The van der Waals surface area contributed by atoms with Crippen LogP contribution in [-0.2, 0) is 21.4 Å². The number of nitrogens with one attached hydrogen (secondary N) is 1. The lowest BCUT2D eigenvalue weighted by atomic mass is 9.97. The molecule has 1 saturated heterocycles. The van der Waals surface area contributed by atoms with Crippen molar-refractivity contribution in [3.63, 3.8) is 0 Å². The molecule has 6 nitrogen and oxygen atoms in total. The van der Waals surface area contributed by atoms with Crippen molar-refractivity contribution in [2.45, 2.75) is 19.4 Å². The Balaban J connectivity index is 1.39. The van der Waals surface area contributed by atoms with Gasteiger partial charge in [-0.3, -0.25) is 4.79 Å². The number of sulfonamides is 1. The van der Waals surface area contributed by atoms with Gasteiger partial charge in [0.05, 0.1) is 0 Å². The van der Waals surface area contributed by atoms with Gasteiger partial charge >= 0.3 is 0 Å². The highest BCUT2D eigenvalue weighted by Gasteiger charge is 2.29. The van der Waals surface area contributed by atoms with Crippen molar-refractivity contribution < 1.29 is 13.2 Å². The molecule has 0 spiro atoms. The summed E-state index contributed by atoms with van der Waals surface area (Å²) in [5.74, 6) is -0.117. The molecule has 1 aliphatic heterocycles. The number of rotatable bonds is 9. The fourth-order valence-corrected chi connectivity index (χ4v) is 4.90. The minimum atomic E-state index is -3.47. The van der Waals surface area contributed by atoms with E-state index in [-0.39, 0.29) is 11.8 Å². The van der Waals surface area contributed by atoms with E-state index in [9.17, 15) is 13.2 Å². The predicted molar refractivity (Wildman–Crippen MR) is 124 cm³/mol. The van der Waals surface area contributed by atoms with Crippen LogP contribution in [0.1, 0.15) is 24.0 Å². The Morgan fingerprint density at radius 1 is 1.06 bits per heavy atom. The lowest BCUT2D eigenvalue weighted by molar-refractivity contribution is -0.126. The van der Waals surface area contributed by atoms with Gasteiger partial charge in [-0.15, -0.1) is 0 Å². The molecule has 0 unspecified atom stereocenters. The minimum Gasteiger partial charge on any atom is -0.355 e. The lowest BCUT2D eigenvalue weighted by Crippen LogP contribution is -2.43. The Morgan fingerprint density at radius 2 is 1.68 bits per heavy atom. The Kier molecular flexibility index (Phi) is 8.40. The fourth-order valence-electron chi connectivity index (χ4n) is 3.68. The molecule has 0 radical (unpaired) electrons. The van der Waals surface area contributed by atoms with Crippen molar-refractivity contribution >= 4 is 22.0 Å². The van der Waals surface area contributed by atoms with E-state index in [2.05, 4.69) is 22.3 Å². The molecule has 1 amide bonds. The van der Waals surface area contributed by atoms with E-state index in [1.165, 1.54) is 15.3 Å². The summed E-state index contributed by atoms with van der Waals surface area (Å²) < 4.78 is 26.6. The molecule has 1 fully saturated rings. The standard InChI is InChI=1S/C24H31N3O3S/c1-26(20-22-10-6-3-7-11-22)18-15-25-24(28)23-12-16-27(17-13-23)31(29,30)19-14-21-8-4-2-5-9-21/h2-11,14,19,23H,12-13,15-18,20H2,1H3,(H,25,28)/b19-14+. The van der Waals surface area contributed by atoms with Gasteiger partial charge in [0.1, 0.15) is 0 Å². The maximum absolute atomic E-state index is 12.6. The number of likely N-dealkylation sites (N-methyl/N-ethyl adjacent to an activating group) is 1. The first-order valence-corrected chi connectivity index (χ1v) is 12.2. The van der Waals surface area contributed by atoms with Crippen molar-refractivity contribution in [2.75, 3.05) is 33.2 Å². The SMILES string of the molecule is CN(CCNC(=O)C1CCN(S(=O)(=O)/C=C/c2ccccc2)CC1)Cc1ccccc1. The third-order valence-electron chi connectivity index (χ3n) is 5.50. The van der Waals surface area contributed by atoms with Crippen LogP contribution in [0.4, 0.5) is 0 Å². The average molecular weight is 442 g/mol. The van der Waals surface area contributed by atoms with E-state index in [4.69, 9.17) is 0 Å². The molecule has 0 aliphatic carbocycles. The van der Waals surface area contributed by atoms with Gasteiger partial charge in [0.25, 0.3) is 0 Å². The molecule has 166 valence electrons. The number of hydrogen-bond donors (Lipinski definition) is 1. The van der Waals surface area contributed by atoms with Gasteiger partial charge in [-0.25, -0.2) is 8.42 Å². The number of nitrogens with zero attached hydrogens (tertiary/aromatic N) is 2. The molecule has 2 aromatic carbocycles. The van der Waals surface area contributed by atoms with E-state index >= 15 is 0 Å². The first kappa shape index (κ1) is 23.2. The Labute approximate surface area is 185 Å². The molecule has 3 rings (SSSR count). The van der Waals surface area contributed by atoms with Crippen molar-refractivity contribution in [1.82, 2.24) is 14.5 Å². The summed E-state index contributed by atoms with van der Waals surface area (Å²) >= 11 is 0. The monoisotopic (exact) mass is 441 g/mol. The second kappa shape index (κ2) is 11.2. The number of carbonyl (C=O) groups is 1. The van der Waals surface area contributed by atoms with E-state index in [0.717, 1.165) is 18.7 Å². The van der Waals surface area contributed by atoms with Gasteiger partial charge in [0.2, 0.25) is 15.9 Å². The Bertz CT molecular complexity index is 954. The Hall–Kier alpha value is -2.48. The predicted octanol–water partition coefficient (Wildman–Crippen LogP) is 2.95. The van der Waals surface area contributed by atoms with E-state index < -0.39 is 10.0 Å². The van der Waals surface area contributed by atoms with Crippen LogP contribution >= 0.6 is 0 Å². The molecule has 0 bridgehead atoms. The summed E-state index contributed by atoms with van der Waals surface area (Å²) in [6.45, 7) is 2.92. The smallest absolute Gasteiger partial charge is 0.236 e. The van der Waals surface area contributed by atoms with Crippen molar-refractivity contribution in [1.29, 1.82) is 0 Å². The molecular weight excluding hydrogens is 410 g/mol. The topological polar surface area (TPSA) is 69.7 Å². The largest absolute Gasteiger partial charge is 0.355 e. The molecule has 31 heavy (non-hydrogen) atoms. The molecule has 7 heteroatoms. The van der Waals surface area contributed by atoms with Gasteiger partial charge in [-0.05, 0) is 37.1 Å². The van der Waals surface area contributed by atoms with Gasteiger partial charge in [-0.1, -0.05) is 60.7 Å². The summed E-state index contributed by atoms with van der Waals surface area (Å²) in [6.07, 6.45) is 2.70. The van der Waals surface area contributed by atoms with Gasteiger partial charge < -0.3 is 10.2 Å². The van der Waals surface area contributed by atoms with Crippen LogP contribution in [0.3, 0.4) is 0 Å². The molecule has 1 aliphatic rings. The molecule has 1 heterocycles. The van der Waals surface area contributed by atoms with Crippen molar-refractivity contribution in [2.24, 2.45) is 5.92 Å². The number of piperidine rings is 1. The average Bonchev–Trinajstić information content (AvgIpc) is 2.79. The minimum absolute atomic E-state index is 0.0185. The summed E-state index contributed by atoms with van der Waals surface area (Å²) in [5, 5.41) is 4.26. The van der Waals surface area contributed by atoms with Crippen molar-refractivity contribution in [3.05, 3.63) is 77.2 Å². The van der Waals surface area contributed by atoms with Crippen LogP contribution in [0, 0.1) is 5.92 Å². The molecule has 2 aromatic rings. The van der Waals surface area contributed by atoms with Gasteiger partial charge in [0.15, 0.2) is 0 Å². The van der Waals surface area contributed by atoms with Crippen LogP contribution in [0.2, 0.25) is 0 Å². The molecule has 1 N–H and O–H groups in total. The number of amides is 1. The van der Waals surface area contributed by atoms with Crippen LogP contribution in [0.25, 0.3) is 6.08 Å². The van der Waals surface area contributed by atoms with E-state index in [1.807, 2.05) is 55.6 Å². The number of carbonyl (C=O) groups excluding carboxylic acids is 1. The quantitative estimate of drug-likeness (QED) is 0.650. The molecule has 0 aromatic heterocycles. The first-order valence-electron chi connectivity index (χ1n) is 10.7. The van der Waals surface area contributed by atoms with Crippen molar-refractivity contribution in [3.8, 4) is 0 Å². The van der Waals surface area contributed by atoms with E-state index in [1.54, 1.807) is 6.08 Å². The first-order chi connectivity index (χ1) is 14.9.